The van der Waals surface area contributed by atoms with E-state index < -0.39 is 0 Å². The Morgan fingerprint density at radius 1 is 0.750 bits per heavy atom. The van der Waals surface area contributed by atoms with E-state index >= 15 is 0 Å². The number of rotatable bonds is 11. The average molecular weight is 399 g/mol. The molecule has 0 spiro atoms. The largest absolute Gasteiger partial charge is 0.330 e. The number of nitrogens with zero attached hydrogens (tertiary/aromatic N) is 2. The van der Waals surface area contributed by atoms with Crippen molar-refractivity contribution in [2.75, 3.05) is 24.6 Å². The van der Waals surface area contributed by atoms with Crippen molar-refractivity contribution in [1.82, 2.24) is 9.97 Å². The van der Waals surface area contributed by atoms with Crippen LogP contribution in [0, 0.1) is 0 Å². The minimum atomic E-state index is 0.703. The molecule has 24 heavy (non-hydrogen) atoms. The number of hydrogen-bond donors (Lipinski definition) is 2. The Morgan fingerprint density at radius 2 is 1.21 bits per heavy atom. The van der Waals surface area contributed by atoms with Crippen molar-refractivity contribution in [1.29, 1.82) is 0 Å². The van der Waals surface area contributed by atoms with Gasteiger partial charge in [0.15, 0.2) is 0 Å². The Hall–Kier alpha value is -0.380. The number of pyridine rings is 2. The predicted octanol–water partition coefficient (Wildman–Crippen LogP) is 3.66. The Morgan fingerprint density at radius 3 is 1.62 bits per heavy atom. The molecule has 0 aromatic carbocycles. The lowest BCUT2D eigenvalue weighted by Crippen LogP contribution is -2.02. The highest BCUT2D eigenvalue weighted by Crippen LogP contribution is 2.40. The van der Waals surface area contributed by atoms with E-state index in [0.717, 1.165) is 34.4 Å². The molecule has 0 aliphatic rings. The van der Waals surface area contributed by atoms with Crippen LogP contribution in [0.15, 0.2) is 46.5 Å². The fourth-order valence-corrected chi connectivity index (χ4v) is 5.80. The van der Waals surface area contributed by atoms with Crippen molar-refractivity contribution < 1.29 is 0 Å². The third-order valence-corrected chi connectivity index (χ3v) is 7.44. The molecule has 130 valence electrons. The number of aromatic nitrogens is 2. The maximum absolute atomic E-state index is 5.56. The maximum atomic E-state index is 5.56. The lowest BCUT2D eigenvalue weighted by Gasteiger charge is -2.09. The van der Waals surface area contributed by atoms with Crippen LogP contribution in [0.25, 0.3) is 0 Å². The van der Waals surface area contributed by atoms with Gasteiger partial charge in [-0.2, -0.15) is 23.5 Å². The molecule has 0 saturated heterocycles. The minimum Gasteiger partial charge on any atom is -0.330 e. The molecule has 0 bridgehead atoms. The van der Waals surface area contributed by atoms with Crippen molar-refractivity contribution in [3.8, 4) is 0 Å². The van der Waals surface area contributed by atoms with Crippen LogP contribution in [0.4, 0.5) is 0 Å². The van der Waals surface area contributed by atoms with E-state index in [4.69, 9.17) is 11.5 Å². The Balaban J connectivity index is 1.98. The van der Waals surface area contributed by atoms with Crippen molar-refractivity contribution in [3.05, 3.63) is 48.0 Å². The van der Waals surface area contributed by atoms with Gasteiger partial charge in [-0.05, 0) is 24.3 Å². The molecule has 0 radical (unpaired) electrons. The summed E-state index contributed by atoms with van der Waals surface area (Å²) >= 11 is 3.64. The van der Waals surface area contributed by atoms with E-state index in [1.807, 2.05) is 48.1 Å². The van der Waals surface area contributed by atoms with Crippen molar-refractivity contribution >= 4 is 45.1 Å². The van der Waals surface area contributed by atoms with Gasteiger partial charge in [-0.1, -0.05) is 21.6 Å². The van der Waals surface area contributed by atoms with Gasteiger partial charge >= 0.3 is 0 Å². The highest BCUT2D eigenvalue weighted by molar-refractivity contribution is 8.76. The SMILES string of the molecule is NCCSCc1ncccc1SSc1cccnc1CSCCN. The molecule has 4 N–H and O–H groups in total. The molecule has 4 nitrogen and oxygen atoms in total. The average Bonchev–Trinajstić information content (AvgIpc) is 2.62. The monoisotopic (exact) mass is 398 g/mol. The van der Waals surface area contributed by atoms with E-state index in [9.17, 15) is 0 Å². The molecule has 0 aliphatic heterocycles. The highest BCUT2D eigenvalue weighted by Gasteiger charge is 2.09. The molecule has 0 saturated carbocycles. The first-order chi connectivity index (χ1) is 11.8. The molecule has 0 unspecified atom stereocenters. The molecule has 2 aromatic heterocycles. The van der Waals surface area contributed by atoms with Gasteiger partial charge in [0.1, 0.15) is 0 Å². The van der Waals surface area contributed by atoms with Crippen LogP contribution in [0.3, 0.4) is 0 Å². The minimum absolute atomic E-state index is 0.703. The first-order valence-corrected chi connectivity index (χ1v) is 12.1. The van der Waals surface area contributed by atoms with Gasteiger partial charge in [-0.3, -0.25) is 9.97 Å². The fourth-order valence-electron chi connectivity index (χ4n) is 1.81. The molecular formula is C16H22N4S4. The van der Waals surface area contributed by atoms with E-state index in [1.165, 1.54) is 9.79 Å². The van der Waals surface area contributed by atoms with Gasteiger partial charge in [0.05, 0.1) is 11.4 Å². The third kappa shape index (κ3) is 6.85. The second kappa shape index (κ2) is 12.1. The van der Waals surface area contributed by atoms with Gasteiger partial charge in [0.25, 0.3) is 0 Å². The van der Waals surface area contributed by atoms with E-state index in [-0.39, 0.29) is 0 Å². The van der Waals surface area contributed by atoms with E-state index in [2.05, 4.69) is 22.1 Å². The topological polar surface area (TPSA) is 77.8 Å². The molecule has 0 aliphatic carbocycles. The molecule has 2 heterocycles. The summed E-state index contributed by atoms with van der Waals surface area (Å²) in [6.45, 7) is 1.41. The van der Waals surface area contributed by atoms with Gasteiger partial charge in [-0.25, -0.2) is 0 Å². The lowest BCUT2D eigenvalue weighted by atomic mass is 10.4. The van der Waals surface area contributed by atoms with Crippen LogP contribution in [0.5, 0.6) is 0 Å². The molecule has 0 atom stereocenters. The summed E-state index contributed by atoms with van der Waals surface area (Å²) in [5.41, 5.74) is 13.4. The fraction of sp³-hybridized carbons (Fsp3) is 0.375. The highest BCUT2D eigenvalue weighted by atomic mass is 33.1. The zero-order valence-corrected chi connectivity index (χ0v) is 16.7. The summed E-state index contributed by atoms with van der Waals surface area (Å²) in [6.07, 6.45) is 3.71. The van der Waals surface area contributed by atoms with Gasteiger partial charge in [0, 0.05) is 58.3 Å². The number of thioether (sulfide) groups is 2. The van der Waals surface area contributed by atoms with Gasteiger partial charge in [0.2, 0.25) is 0 Å². The first-order valence-electron chi connectivity index (χ1n) is 7.63. The first kappa shape index (κ1) is 19.9. The van der Waals surface area contributed by atoms with Crippen LogP contribution < -0.4 is 11.5 Å². The number of nitrogens with two attached hydrogens (primary N) is 2. The smallest absolute Gasteiger partial charge is 0.0646 e. The van der Waals surface area contributed by atoms with E-state index in [1.54, 1.807) is 21.6 Å². The summed E-state index contributed by atoms with van der Waals surface area (Å²) in [6, 6.07) is 8.23. The van der Waals surface area contributed by atoms with Crippen LogP contribution in [0.2, 0.25) is 0 Å². The van der Waals surface area contributed by atoms with Crippen molar-refractivity contribution in [2.24, 2.45) is 11.5 Å². The van der Waals surface area contributed by atoms with Crippen LogP contribution in [0.1, 0.15) is 11.4 Å². The summed E-state index contributed by atoms with van der Waals surface area (Å²) in [7, 11) is 3.49. The maximum Gasteiger partial charge on any atom is 0.0646 e. The zero-order chi connectivity index (χ0) is 17.0. The second-order valence-corrected chi connectivity index (χ2v) is 9.17. The lowest BCUT2D eigenvalue weighted by molar-refractivity contribution is 1.08. The predicted molar refractivity (Wildman–Crippen MR) is 111 cm³/mol. The molecule has 0 fully saturated rings. The van der Waals surface area contributed by atoms with Gasteiger partial charge < -0.3 is 11.5 Å². The summed E-state index contributed by atoms with van der Waals surface area (Å²) < 4.78 is 0. The molecule has 8 heteroatoms. The van der Waals surface area contributed by atoms with Crippen molar-refractivity contribution in [2.45, 2.75) is 21.3 Å². The number of hydrogen-bond acceptors (Lipinski definition) is 8. The Labute approximate surface area is 160 Å². The van der Waals surface area contributed by atoms with Crippen LogP contribution >= 0.6 is 45.1 Å². The van der Waals surface area contributed by atoms with E-state index in [0.29, 0.717) is 13.1 Å². The summed E-state index contributed by atoms with van der Waals surface area (Å²) in [4.78, 5) is 11.4. The summed E-state index contributed by atoms with van der Waals surface area (Å²) in [5.74, 6) is 3.71. The van der Waals surface area contributed by atoms with Gasteiger partial charge in [-0.15, -0.1) is 0 Å². The Kier molecular flexibility index (Phi) is 10.0. The van der Waals surface area contributed by atoms with Crippen LogP contribution in [-0.2, 0) is 11.5 Å². The Bertz CT molecular complexity index is 559. The van der Waals surface area contributed by atoms with Crippen LogP contribution in [-0.4, -0.2) is 34.6 Å². The second-order valence-electron chi connectivity index (χ2n) is 4.75. The standard InChI is InChI=1S/C16H22N4S4/c17-5-9-21-11-13-15(3-1-7-19-13)23-24-16-4-2-8-20-14(16)12-22-10-6-18/h1-4,7-8H,5-6,9-12,17-18H2. The molecule has 0 amide bonds. The molecule has 2 rings (SSSR count). The molecule has 2 aromatic rings. The quantitative estimate of drug-likeness (QED) is 0.439. The zero-order valence-electron chi connectivity index (χ0n) is 13.4. The molecular weight excluding hydrogens is 376 g/mol. The summed E-state index contributed by atoms with van der Waals surface area (Å²) in [5, 5.41) is 0. The third-order valence-electron chi connectivity index (χ3n) is 2.92. The van der Waals surface area contributed by atoms with Crippen molar-refractivity contribution in [3.63, 3.8) is 0 Å². The normalized spacial score (nSPS) is 10.9.